The third-order valence-electron chi connectivity index (χ3n) is 8.60. The number of anilines is 1. The van der Waals surface area contributed by atoms with Crippen LogP contribution in [-0.2, 0) is 19.1 Å². The first-order chi connectivity index (χ1) is 18.3. The summed E-state index contributed by atoms with van der Waals surface area (Å²) in [5.41, 5.74) is -1.08. The zero-order chi connectivity index (χ0) is 28.3. The highest BCUT2D eigenvalue weighted by molar-refractivity contribution is 6.04. The van der Waals surface area contributed by atoms with Crippen LogP contribution in [0.25, 0.3) is 0 Å². The lowest BCUT2D eigenvalue weighted by Gasteiger charge is -2.45. The Kier molecular flexibility index (Phi) is 6.79. The highest BCUT2D eigenvalue weighted by atomic mass is 16.5. The molecule has 1 spiro atoms. The molecule has 210 valence electrons. The van der Waals surface area contributed by atoms with Crippen LogP contribution in [0.5, 0.6) is 0 Å². The van der Waals surface area contributed by atoms with Gasteiger partial charge in [0.15, 0.2) is 0 Å². The number of nitrogens with zero attached hydrogens (tertiary/aromatic N) is 3. The molecule has 4 heterocycles. The average molecular weight is 536 g/mol. The highest BCUT2D eigenvalue weighted by Gasteiger charge is 2.72. The number of amides is 3. The SMILES string of the molecule is C[C@H](CO)N1C(=O)[C@@H]2[C@@H]3C(=O)N(c4ccccc4)CC=C[C@@H]3O[C@@]23C=CCN(C(C)(C)CC(C)(C)C)C(=O)C13. The number of para-hydroxylation sites is 1. The number of likely N-dealkylation sites (tertiary alicyclic amines) is 1. The van der Waals surface area contributed by atoms with Crippen molar-refractivity contribution in [3.63, 3.8) is 0 Å². The number of carbonyl (C=O) groups excluding carboxylic acids is 3. The molecule has 0 aromatic heterocycles. The number of ether oxygens (including phenoxy) is 1. The Morgan fingerprint density at radius 1 is 1.00 bits per heavy atom. The van der Waals surface area contributed by atoms with Crippen LogP contribution < -0.4 is 4.90 Å². The van der Waals surface area contributed by atoms with E-state index >= 15 is 0 Å². The Balaban J connectivity index is 1.60. The topological polar surface area (TPSA) is 90.4 Å². The van der Waals surface area contributed by atoms with Crippen LogP contribution >= 0.6 is 0 Å². The van der Waals surface area contributed by atoms with Gasteiger partial charge in [-0.1, -0.05) is 63.3 Å². The van der Waals surface area contributed by atoms with Gasteiger partial charge in [-0.15, -0.1) is 0 Å². The molecule has 0 aliphatic carbocycles. The molecule has 4 aliphatic heterocycles. The predicted molar refractivity (Wildman–Crippen MR) is 149 cm³/mol. The average Bonchev–Trinajstić information content (AvgIpc) is 3.18. The summed E-state index contributed by atoms with van der Waals surface area (Å²) in [5.74, 6) is -2.40. The summed E-state index contributed by atoms with van der Waals surface area (Å²) < 4.78 is 6.71. The van der Waals surface area contributed by atoms with Crippen molar-refractivity contribution < 1.29 is 24.2 Å². The van der Waals surface area contributed by atoms with Gasteiger partial charge in [0.05, 0.1) is 30.6 Å². The van der Waals surface area contributed by atoms with Gasteiger partial charge >= 0.3 is 0 Å². The number of hydrogen-bond acceptors (Lipinski definition) is 5. The summed E-state index contributed by atoms with van der Waals surface area (Å²) in [5, 5.41) is 10.2. The number of rotatable bonds is 5. The molecule has 8 nitrogen and oxygen atoms in total. The normalized spacial score (nSPS) is 31.7. The Morgan fingerprint density at radius 3 is 2.33 bits per heavy atom. The van der Waals surface area contributed by atoms with Crippen molar-refractivity contribution in [1.82, 2.24) is 9.80 Å². The van der Waals surface area contributed by atoms with E-state index in [0.717, 1.165) is 12.1 Å². The maximum absolute atomic E-state index is 14.5. The van der Waals surface area contributed by atoms with E-state index in [1.165, 1.54) is 4.90 Å². The number of hydrogen-bond donors (Lipinski definition) is 1. The van der Waals surface area contributed by atoms with Gasteiger partial charge in [0.1, 0.15) is 11.6 Å². The van der Waals surface area contributed by atoms with Crippen molar-refractivity contribution in [3.8, 4) is 0 Å². The standard InChI is InChI=1S/C31H41N3O5/c1-20(18-35)34-25-28(38)33(30(5,6)19-29(2,3)4)17-11-15-31(25)24(27(34)37)23-22(39-31)14-10-16-32(26(23)36)21-12-8-7-9-13-21/h7-15,20,22-25,35H,16-19H2,1-6H3/t20-,22+,23-,24+,25?,31+/m1/s1. The number of aliphatic hydroxyl groups excluding tert-OH is 1. The Bertz CT molecular complexity index is 1200. The highest BCUT2D eigenvalue weighted by Crippen LogP contribution is 2.54. The second-order valence-corrected chi connectivity index (χ2v) is 13.2. The minimum atomic E-state index is -1.31. The van der Waals surface area contributed by atoms with Gasteiger partial charge in [0.25, 0.3) is 0 Å². The first-order valence-corrected chi connectivity index (χ1v) is 14.0. The Morgan fingerprint density at radius 2 is 1.69 bits per heavy atom. The fraction of sp³-hybridized carbons (Fsp3) is 0.581. The molecular formula is C31H41N3O5. The summed E-state index contributed by atoms with van der Waals surface area (Å²) in [6.45, 7) is 12.7. The fourth-order valence-electron chi connectivity index (χ4n) is 7.42. The molecule has 39 heavy (non-hydrogen) atoms. The molecule has 5 rings (SSSR count). The molecule has 1 unspecified atom stereocenters. The lowest BCUT2D eigenvalue weighted by molar-refractivity contribution is -0.154. The Labute approximate surface area is 231 Å². The zero-order valence-corrected chi connectivity index (χ0v) is 23.8. The fourth-order valence-corrected chi connectivity index (χ4v) is 7.42. The zero-order valence-electron chi connectivity index (χ0n) is 23.8. The second-order valence-electron chi connectivity index (χ2n) is 13.2. The minimum Gasteiger partial charge on any atom is -0.394 e. The van der Waals surface area contributed by atoms with Crippen LogP contribution in [0, 0.1) is 17.3 Å². The molecule has 4 aliphatic rings. The van der Waals surface area contributed by atoms with E-state index < -0.39 is 41.2 Å². The van der Waals surface area contributed by atoms with Crippen molar-refractivity contribution >= 4 is 23.4 Å². The maximum atomic E-state index is 14.5. The summed E-state index contributed by atoms with van der Waals surface area (Å²) >= 11 is 0. The van der Waals surface area contributed by atoms with Crippen molar-refractivity contribution in [2.24, 2.45) is 17.3 Å². The van der Waals surface area contributed by atoms with E-state index in [2.05, 4.69) is 34.6 Å². The lowest BCUT2D eigenvalue weighted by atomic mass is 9.77. The van der Waals surface area contributed by atoms with Crippen molar-refractivity contribution in [2.75, 3.05) is 24.6 Å². The second kappa shape index (κ2) is 9.59. The van der Waals surface area contributed by atoms with Gasteiger partial charge in [-0.05, 0) is 44.7 Å². The van der Waals surface area contributed by atoms with Crippen LogP contribution in [0.1, 0.15) is 48.0 Å². The summed E-state index contributed by atoms with van der Waals surface area (Å²) in [6.07, 6.45) is 7.67. The van der Waals surface area contributed by atoms with Crippen molar-refractivity contribution in [3.05, 3.63) is 54.6 Å². The van der Waals surface area contributed by atoms with Crippen LogP contribution in [0.3, 0.4) is 0 Å². The molecule has 1 N–H and O–H groups in total. The van der Waals surface area contributed by atoms with Gasteiger partial charge in [-0.3, -0.25) is 14.4 Å². The molecule has 6 atom stereocenters. The van der Waals surface area contributed by atoms with E-state index in [1.807, 2.05) is 59.5 Å². The van der Waals surface area contributed by atoms with Gasteiger partial charge in [0.2, 0.25) is 17.7 Å². The number of aliphatic hydroxyl groups is 1. The molecule has 2 saturated heterocycles. The lowest BCUT2D eigenvalue weighted by Crippen LogP contribution is -2.61. The van der Waals surface area contributed by atoms with E-state index in [0.29, 0.717) is 13.1 Å². The van der Waals surface area contributed by atoms with Crippen LogP contribution in [0.15, 0.2) is 54.6 Å². The first-order valence-electron chi connectivity index (χ1n) is 14.0. The smallest absolute Gasteiger partial charge is 0.249 e. The molecule has 0 bridgehead atoms. The molecule has 2 fully saturated rings. The minimum absolute atomic E-state index is 0.0290. The van der Waals surface area contributed by atoms with Gasteiger partial charge in [-0.25, -0.2) is 0 Å². The number of benzene rings is 1. The molecule has 8 heteroatoms. The van der Waals surface area contributed by atoms with E-state index in [4.69, 9.17) is 4.74 Å². The largest absolute Gasteiger partial charge is 0.394 e. The third-order valence-corrected chi connectivity index (χ3v) is 8.60. The van der Waals surface area contributed by atoms with Gasteiger partial charge in [0, 0.05) is 24.3 Å². The van der Waals surface area contributed by atoms with Crippen LogP contribution in [-0.4, -0.2) is 81.7 Å². The van der Waals surface area contributed by atoms with Crippen LogP contribution in [0.4, 0.5) is 5.69 Å². The van der Waals surface area contributed by atoms with Crippen LogP contribution in [0.2, 0.25) is 0 Å². The van der Waals surface area contributed by atoms with Crippen molar-refractivity contribution in [2.45, 2.75) is 77.3 Å². The van der Waals surface area contributed by atoms with Crippen molar-refractivity contribution in [1.29, 1.82) is 0 Å². The van der Waals surface area contributed by atoms with E-state index in [1.54, 1.807) is 11.8 Å². The summed E-state index contributed by atoms with van der Waals surface area (Å²) in [7, 11) is 0. The molecule has 0 radical (unpaired) electrons. The van der Waals surface area contributed by atoms with Gasteiger partial charge in [-0.2, -0.15) is 0 Å². The summed E-state index contributed by atoms with van der Waals surface area (Å²) in [6, 6.07) is 7.81. The molecule has 3 amide bonds. The maximum Gasteiger partial charge on any atom is 0.249 e. The third kappa shape index (κ3) is 4.42. The molecule has 1 aromatic carbocycles. The summed E-state index contributed by atoms with van der Waals surface area (Å²) in [4.78, 5) is 48.0. The quantitative estimate of drug-likeness (QED) is 0.585. The Hall–Kier alpha value is -2.97. The molecule has 1 aromatic rings. The predicted octanol–water partition coefficient (Wildman–Crippen LogP) is 3.16. The monoisotopic (exact) mass is 535 g/mol. The van der Waals surface area contributed by atoms with Gasteiger partial charge < -0.3 is 24.5 Å². The first kappa shape index (κ1) is 27.6. The van der Waals surface area contributed by atoms with E-state index in [9.17, 15) is 19.5 Å². The number of fused-ring (bicyclic) bond motifs is 2. The molecule has 0 saturated carbocycles. The van der Waals surface area contributed by atoms with E-state index in [-0.39, 0.29) is 29.7 Å². The molecular weight excluding hydrogens is 494 g/mol. The number of carbonyl (C=O) groups is 3.